The minimum atomic E-state index is -1.06. The van der Waals surface area contributed by atoms with Crippen molar-refractivity contribution in [1.82, 2.24) is 15.1 Å². The van der Waals surface area contributed by atoms with E-state index in [-0.39, 0.29) is 24.3 Å². The van der Waals surface area contributed by atoms with Crippen LogP contribution in [0.2, 0.25) is 0 Å². The molecule has 2 unspecified atom stereocenters. The number of carbonyl (C=O) groups is 3. The van der Waals surface area contributed by atoms with Crippen molar-refractivity contribution in [2.24, 2.45) is 5.92 Å². The SMILES string of the molecule is C=C(C)CC(NC(=O)C1CCCN(C(=O)N2CCCC2)C1)C(=O)O. The highest BCUT2D eigenvalue weighted by Crippen LogP contribution is 2.20. The molecule has 24 heavy (non-hydrogen) atoms. The van der Waals surface area contributed by atoms with Gasteiger partial charge in [-0.1, -0.05) is 5.57 Å². The molecule has 7 nitrogen and oxygen atoms in total. The molecule has 2 N–H and O–H groups in total. The van der Waals surface area contributed by atoms with Crippen LogP contribution in [0.4, 0.5) is 4.79 Å². The number of piperidine rings is 1. The Hall–Kier alpha value is -2.05. The second-order valence-electron chi connectivity index (χ2n) is 6.82. The molecule has 2 saturated heterocycles. The monoisotopic (exact) mass is 337 g/mol. The third kappa shape index (κ3) is 4.72. The molecule has 2 aliphatic rings. The molecule has 0 aromatic rings. The Labute approximate surface area is 142 Å². The molecule has 0 radical (unpaired) electrons. The van der Waals surface area contributed by atoms with Crippen molar-refractivity contribution >= 4 is 17.9 Å². The number of amides is 3. The molecule has 0 aromatic heterocycles. The lowest BCUT2D eigenvalue weighted by atomic mass is 9.96. The summed E-state index contributed by atoms with van der Waals surface area (Å²) < 4.78 is 0. The highest BCUT2D eigenvalue weighted by molar-refractivity contribution is 5.86. The molecule has 2 atom stereocenters. The molecular formula is C17H27N3O4. The number of rotatable bonds is 5. The molecule has 0 aliphatic carbocycles. The van der Waals surface area contributed by atoms with Crippen LogP contribution < -0.4 is 5.32 Å². The van der Waals surface area contributed by atoms with Crippen LogP contribution in [0.3, 0.4) is 0 Å². The van der Waals surface area contributed by atoms with Crippen LogP contribution in [0.15, 0.2) is 12.2 Å². The number of urea groups is 1. The predicted molar refractivity (Wildman–Crippen MR) is 89.5 cm³/mol. The Morgan fingerprint density at radius 3 is 2.38 bits per heavy atom. The second-order valence-corrected chi connectivity index (χ2v) is 6.82. The summed E-state index contributed by atoms with van der Waals surface area (Å²) in [6.07, 6.45) is 3.71. The second kappa shape index (κ2) is 8.17. The molecule has 0 bridgehead atoms. The maximum Gasteiger partial charge on any atom is 0.326 e. The van der Waals surface area contributed by atoms with E-state index in [1.54, 1.807) is 11.8 Å². The fourth-order valence-electron chi connectivity index (χ4n) is 3.31. The van der Waals surface area contributed by atoms with Crippen molar-refractivity contribution in [3.8, 4) is 0 Å². The minimum absolute atomic E-state index is 0.00159. The molecule has 2 rings (SSSR count). The Kier molecular flexibility index (Phi) is 6.23. The zero-order chi connectivity index (χ0) is 17.7. The van der Waals surface area contributed by atoms with Crippen molar-refractivity contribution in [1.29, 1.82) is 0 Å². The maximum absolute atomic E-state index is 12.5. The molecule has 134 valence electrons. The van der Waals surface area contributed by atoms with Gasteiger partial charge >= 0.3 is 12.0 Å². The van der Waals surface area contributed by atoms with E-state index in [4.69, 9.17) is 0 Å². The Morgan fingerprint density at radius 2 is 1.79 bits per heavy atom. The first-order valence-corrected chi connectivity index (χ1v) is 8.60. The van der Waals surface area contributed by atoms with Crippen molar-refractivity contribution < 1.29 is 19.5 Å². The molecule has 0 saturated carbocycles. The van der Waals surface area contributed by atoms with Gasteiger partial charge in [-0.2, -0.15) is 0 Å². The number of carboxylic acids is 1. The zero-order valence-corrected chi connectivity index (χ0v) is 14.3. The quantitative estimate of drug-likeness (QED) is 0.743. The Balaban J connectivity index is 1.92. The number of carboxylic acid groups (broad SMARTS) is 1. The molecule has 2 fully saturated rings. The Bertz CT molecular complexity index is 514. The fourth-order valence-corrected chi connectivity index (χ4v) is 3.31. The van der Waals surface area contributed by atoms with Gasteiger partial charge in [0.15, 0.2) is 0 Å². The topological polar surface area (TPSA) is 90.0 Å². The predicted octanol–water partition coefficient (Wildman–Crippen LogP) is 1.45. The molecule has 0 spiro atoms. The number of nitrogens with one attached hydrogen (secondary N) is 1. The third-order valence-corrected chi connectivity index (χ3v) is 4.61. The van der Waals surface area contributed by atoms with E-state index in [1.807, 2.05) is 4.90 Å². The fraction of sp³-hybridized carbons (Fsp3) is 0.706. The summed E-state index contributed by atoms with van der Waals surface area (Å²) in [6.45, 7) is 8.03. The van der Waals surface area contributed by atoms with E-state index in [1.165, 1.54) is 0 Å². The zero-order valence-electron chi connectivity index (χ0n) is 14.3. The number of aliphatic carboxylic acids is 1. The standard InChI is InChI=1S/C17H27N3O4/c1-12(2)10-14(16(22)23)18-15(21)13-6-5-9-20(11-13)17(24)19-7-3-4-8-19/h13-14H,1,3-11H2,2H3,(H,18,21)(H,22,23). The van der Waals surface area contributed by atoms with Gasteiger partial charge in [0.2, 0.25) is 5.91 Å². The number of hydrogen-bond donors (Lipinski definition) is 2. The lowest BCUT2D eigenvalue weighted by molar-refractivity contribution is -0.142. The first-order chi connectivity index (χ1) is 11.4. The maximum atomic E-state index is 12.5. The first kappa shape index (κ1) is 18.3. The number of hydrogen-bond acceptors (Lipinski definition) is 3. The molecule has 0 aromatic carbocycles. The molecular weight excluding hydrogens is 310 g/mol. The van der Waals surface area contributed by atoms with Crippen LogP contribution in [0, 0.1) is 5.92 Å². The normalized spacial score (nSPS) is 22.1. The highest BCUT2D eigenvalue weighted by atomic mass is 16.4. The smallest absolute Gasteiger partial charge is 0.326 e. The summed E-state index contributed by atoms with van der Waals surface area (Å²) in [4.78, 5) is 39.7. The van der Waals surface area contributed by atoms with E-state index >= 15 is 0 Å². The van der Waals surface area contributed by atoms with Crippen LogP contribution in [0.1, 0.15) is 39.0 Å². The number of carbonyl (C=O) groups excluding carboxylic acids is 2. The summed E-state index contributed by atoms with van der Waals surface area (Å²) >= 11 is 0. The molecule has 2 heterocycles. The lowest BCUT2D eigenvalue weighted by Gasteiger charge is -2.35. The summed E-state index contributed by atoms with van der Waals surface area (Å²) in [5, 5.41) is 11.8. The van der Waals surface area contributed by atoms with Crippen LogP contribution in [-0.2, 0) is 9.59 Å². The van der Waals surface area contributed by atoms with Gasteiger partial charge in [0, 0.05) is 26.2 Å². The van der Waals surface area contributed by atoms with Crippen LogP contribution in [0.25, 0.3) is 0 Å². The van der Waals surface area contributed by atoms with Gasteiger partial charge in [0.25, 0.3) is 0 Å². The summed E-state index contributed by atoms with van der Waals surface area (Å²) in [5.41, 5.74) is 0.706. The Morgan fingerprint density at radius 1 is 1.17 bits per heavy atom. The summed E-state index contributed by atoms with van der Waals surface area (Å²) in [5.74, 6) is -1.70. The summed E-state index contributed by atoms with van der Waals surface area (Å²) in [7, 11) is 0. The van der Waals surface area contributed by atoms with Crippen molar-refractivity contribution in [3.63, 3.8) is 0 Å². The molecule has 7 heteroatoms. The van der Waals surface area contributed by atoms with Gasteiger partial charge in [-0.05, 0) is 39.0 Å². The summed E-state index contributed by atoms with van der Waals surface area (Å²) in [6, 6.07) is -0.957. The minimum Gasteiger partial charge on any atom is -0.480 e. The third-order valence-electron chi connectivity index (χ3n) is 4.61. The van der Waals surface area contributed by atoms with Crippen molar-refractivity contribution in [2.45, 2.75) is 45.1 Å². The number of nitrogens with zero attached hydrogens (tertiary/aromatic N) is 2. The van der Waals surface area contributed by atoms with Gasteiger partial charge in [0.1, 0.15) is 6.04 Å². The first-order valence-electron chi connectivity index (χ1n) is 8.60. The van der Waals surface area contributed by atoms with E-state index in [0.29, 0.717) is 25.1 Å². The largest absolute Gasteiger partial charge is 0.480 e. The highest BCUT2D eigenvalue weighted by Gasteiger charge is 2.33. The van der Waals surface area contributed by atoms with Crippen molar-refractivity contribution in [2.75, 3.05) is 26.2 Å². The van der Waals surface area contributed by atoms with E-state index in [2.05, 4.69) is 11.9 Å². The van der Waals surface area contributed by atoms with Crippen LogP contribution >= 0.6 is 0 Å². The van der Waals surface area contributed by atoms with Gasteiger partial charge in [0.05, 0.1) is 5.92 Å². The average Bonchev–Trinajstić information content (AvgIpc) is 3.07. The van der Waals surface area contributed by atoms with E-state index < -0.39 is 12.0 Å². The lowest BCUT2D eigenvalue weighted by Crippen LogP contribution is -2.51. The average molecular weight is 337 g/mol. The van der Waals surface area contributed by atoms with Gasteiger partial charge < -0.3 is 20.2 Å². The van der Waals surface area contributed by atoms with E-state index in [0.717, 1.165) is 32.4 Å². The van der Waals surface area contributed by atoms with Gasteiger partial charge in [-0.15, -0.1) is 6.58 Å². The van der Waals surface area contributed by atoms with Gasteiger partial charge in [-0.3, -0.25) is 4.79 Å². The van der Waals surface area contributed by atoms with Crippen molar-refractivity contribution in [3.05, 3.63) is 12.2 Å². The van der Waals surface area contributed by atoms with Gasteiger partial charge in [-0.25, -0.2) is 9.59 Å². The molecule has 3 amide bonds. The van der Waals surface area contributed by atoms with Crippen LogP contribution in [0.5, 0.6) is 0 Å². The van der Waals surface area contributed by atoms with E-state index in [9.17, 15) is 19.5 Å². The number of likely N-dealkylation sites (tertiary alicyclic amines) is 2. The molecule has 2 aliphatic heterocycles. The van der Waals surface area contributed by atoms with Crippen LogP contribution in [-0.4, -0.2) is 65.0 Å².